The lowest BCUT2D eigenvalue weighted by Gasteiger charge is -2.36. The molecule has 3 aromatic carbocycles. The molecular formula is C34H42N2O7S. The third kappa shape index (κ3) is 7.65. The van der Waals surface area contributed by atoms with Gasteiger partial charge in [0.2, 0.25) is 0 Å². The van der Waals surface area contributed by atoms with Gasteiger partial charge in [-0.3, -0.25) is 9.08 Å². The highest BCUT2D eigenvalue weighted by atomic mass is 32.2. The van der Waals surface area contributed by atoms with Gasteiger partial charge in [-0.05, 0) is 68.0 Å². The van der Waals surface area contributed by atoms with Crippen LogP contribution in [0.4, 0.5) is 10.5 Å². The fraction of sp³-hybridized carbons (Fsp3) is 0.441. The Hall–Kier alpha value is -3.76. The van der Waals surface area contributed by atoms with Gasteiger partial charge in [0, 0.05) is 30.4 Å². The Bertz CT molecular complexity index is 1540. The molecule has 2 amide bonds. The van der Waals surface area contributed by atoms with E-state index in [1.165, 1.54) is 19.3 Å². The van der Waals surface area contributed by atoms with E-state index in [-0.39, 0.29) is 17.5 Å². The van der Waals surface area contributed by atoms with E-state index in [0.717, 1.165) is 41.1 Å². The van der Waals surface area contributed by atoms with E-state index in [2.05, 4.69) is 0 Å². The smallest absolute Gasteiger partial charge is 0.324 e. The maximum atomic E-state index is 13.6. The zero-order valence-electron chi connectivity index (χ0n) is 25.8. The number of ether oxygens (including phenoxy) is 3. The molecule has 0 spiro atoms. The molecule has 2 fully saturated rings. The van der Waals surface area contributed by atoms with Gasteiger partial charge >= 0.3 is 6.03 Å². The largest absolute Gasteiger partial charge is 0.496 e. The molecule has 9 nitrogen and oxygen atoms in total. The molecule has 3 aromatic rings. The Morgan fingerprint density at radius 3 is 2.32 bits per heavy atom. The van der Waals surface area contributed by atoms with E-state index in [9.17, 15) is 13.2 Å². The van der Waals surface area contributed by atoms with Gasteiger partial charge in [0.1, 0.15) is 5.75 Å². The van der Waals surface area contributed by atoms with E-state index < -0.39 is 10.1 Å². The van der Waals surface area contributed by atoms with Gasteiger partial charge in [0.15, 0.2) is 11.5 Å². The first kappa shape index (κ1) is 31.7. The van der Waals surface area contributed by atoms with Crippen LogP contribution in [0.25, 0.3) is 0 Å². The molecule has 0 radical (unpaired) electrons. The number of methoxy groups -OCH3 is 2. The lowest BCUT2D eigenvalue weighted by molar-refractivity contribution is 0.191. The van der Waals surface area contributed by atoms with Gasteiger partial charge in [-0.15, -0.1) is 0 Å². The first-order valence-electron chi connectivity index (χ1n) is 15.3. The number of amides is 2. The Morgan fingerprint density at radius 1 is 0.841 bits per heavy atom. The second-order valence-electron chi connectivity index (χ2n) is 11.5. The SMILES string of the molecule is COc1cc(CCOS(=O)(=O)c2ccc(C)cc2)ccc1CN1CCCN(c2ccc(OC)c(OCCC3CCC3)c2)C1=O. The summed E-state index contributed by atoms with van der Waals surface area (Å²) in [5.74, 6) is 2.70. The molecule has 0 N–H and O–H groups in total. The minimum Gasteiger partial charge on any atom is -0.496 e. The van der Waals surface area contributed by atoms with E-state index in [1.807, 2.05) is 48.2 Å². The van der Waals surface area contributed by atoms with Crippen molar-refractivity contribution >= 4 is 21.8 Å². The molecule has 10 heteroatoms. The summed E-state index contributed by atoms with van der Waals surface area (Å²) in [7, 11) is -0.615. The number of hydrogen-bond acceptors (Lipinski definition) is 7. The molecular weight excluding hydrogens is 580 g/mol. The van der Waals surface area contributed by atoms with Crippen LogP contribution >= 0.6 is 0 Å². The average Bonchev–Trinajstić information content (AvgIpc) is 3.00. The van der Waals surface area contributed by atoms with E-state index >= 15 is 0 Å². The van der Waals surface area contributed by atoms with Crippen LogP contribution in [0.15, 0.2) is 65.6 Å². The van der Waals surface area contributed by atoms with Crippen LogP contribution < -0.4 is 19.1 Å². The molecule has 1 aliphatic heterocycles. The monoisotopic (exact) mass is 622 g/mol. The van der Waals surface area contributed by atoms with Crippen molar-refractivity contribution in [1.29, 1.82) is 0 Å². The highest BCUT2D eigenvalue weighted by Gasteiger charge is 2.28. The van der Waals surface area contributed by atoms with Crippen molar-refractivity contribution in [2.24, 2.45) is 5.92 Å². The fourth-order valence-corrected chi connectivity index (χ4v) is 6.46. The second-order valence-corrected chi connectivity index (χ2v) is 13.1. The maximum Gasteiger partial charge on any atom is 0.324 e. The number of urea groups is 1. The molecule has 1 saturated heterocycles. The number of anilines is 1. The number of aryl methyl sites for hydroxylation is 1. The molecule has 5 rings (SSSR count). The summed E-state index contributed by atoms with van der Waals surface area (Å²) in [4.78, 5) is 17.4. The van der Waals surface area contributed by atoms with Gasteiger partial charge in [0.05, 0.1) is 38.9 Å². The molecule has 0 bridgehead atoms. The second kappa shape index (κ2) is 14.3. The number of nitrogens with zero attached hydrogens (tertiary/aromatic N) is 2. The van der Waals surface area contributed by atoms with Gasteiger partial charge in [0.25, 0.3) is 10.1 Å². The zero-order chi connectivity index (χ0) is 31.1. The van der Waals surface area contributed by atoms with Gasteiger partial charge < -0.3 is 19.1 Å². The van der Waals surface area contributed by atoms with Crippen LogP contribution in [0, 0.1) is 12.8 Å². The normalized spacial score (nSPS) is 15.7. The number of carbonyl (C=O) groups excluding carboxylic acids is 1. The van der Waals surface area contributed by atoms with Crippen molar-refractivity contribution < 1.29 is 31.6 Å². The summed E-state index contributed by atoms with van der Waals surface area (Å²) in [6.45, 7) is 4.17. The molecule has 0 unspecified atom stereocenters. The first-order chi connectivity index (χ1) is 21.3. The molecule has 1 aliphatic carbocycles. The van der Waals surface area contributed by atoms with E-state index in [0.29, 0.717) is 49.9 Å². The van der Waals surface area contributed by atoms with E-state index in [1.54, 1.807) is 43.4 Å². The number of benzene rings is 3. The Labute approximate surface area is 260 Å². The van der Waals surface area contributed by atoms with Crippen LogP contribution in [0.1, 0.15) is 48.8 Å². The lowest BCUT2D eigenvalue weighted by Crippen LogP contribution is -2.49. The number of hydrogen-bond donors (Lipinski definition) is 0. The molecule has 1 saturated carbocycles. The number of rotatable bonds is 14. The minimum atomic E-state index is -3.83. The van der Waals surface area contributed by atoms with Crippen molar-refractivity contribution in [3.8, 4) is 17.2 Å². The third-order valence-corrected chi connectivity index (χ3v) is 9.76. The predicted molar refractivity (Wildman–Crippen MR) is 169 cm³/mol. The maximum absolute atomic E-state index is 13.6. The molecule has 236 valence electrons. The Morgan fingerprint density at radius 2 is 1.61 bits per heavy atom. The third-order valence-electron chi connectivity index (χ3n) is 8.43. The Kier molecular flexibility index (Phi) is 10.3. The van der Waals surface area contributed by atoms with Crippen molar-refractivity contribution in [2.75, 3.05) is 45.4 Å². The van der Waals surface area contributed by atoms with Crippen molar-refractivity contribution in [3.05, 3.63) is 77.4 Å². The minimum absolute atomic E-state index is 0.00638. The average molecular weight is 623 g/mol. The van der Waals surface area contributed by atoms with Crippen LogP contribution in [0.3, 0.4) is 0 Å². The molecule has 44 heavy (non-hydrogen) atoms. The van der Waals surface area contributed by atoms with Crippen molar-refractivity contribution in [2.45, 2.75) is 56.9 Å². The highest BCUT2D eigenvalue weighted by Crippen LogP contribution is 2.35. The molecule has 0 aromatic heterocycles. The fourth-order valence-electron chi connectivity index (χ4n) is 5.55. The molecule has 0 atom stereocenters. The summed E-state index contributed by atoms with van der Waals surface area (Å²) in [6, 6.07) is 17.9. The summed E-state index contributed by atoms with van der Waals surface area (Å²) in [5, 5.41) is 0. The molecule has 2 aliphatic rings. The lowest BCUT2D eigenvalue weighted by atomic mass is 9.83. The van der Waals surface area contributed by atoms with Gasteiger partial charge in [-0.2, -0.15) is 8.42 Å². The summed E-state index contributed by atoms with van der Waals surface area (Å²) in [5.41, 5.74) is 3.50. The summed E-state index contributed by atoms with van der Waals surface area (Å²) >= 11 is 0. The number of carbonyl (C=O) groups is 1. The van der Waals surface area contributed by atoms with Crippen LogP contribution in [0.5, 0.6) is 17.2 Å². The predicted octanol–water partition coefficient (Wildman–Crippen LogP) is 6.36. The topological polar surface area (TPSA) is 94.6 Å². The van der Waals surface area contributed by atoms with Crippen LogP contribution in [-0.2, 0) is 27.3 Å². The van der Waals surface area contributed by atoms with Gasteiger partial charge in [-0.1, -0.05) is 49.1 Å². The standard InChI is InChI=1S/C34H42N2O7S/c1-25-8-13-30(14-9-25)44(38,39)43-21-17-27-10-11-28(32(22-27)41-3)24-35-18-5-19-36(34(35)37)29-12-15-31(40-2)33(23-29)42-20-16-26-6-4-7-26/h8-15,22-23,26H,4-7,16-21,24H2,1-3H3. The van der Waals surface area contributed by atoms with Crippen molar-refractivity contribution in [1.82, 2.24) is 4.90 Å². The van der Waals surface area contributed by atoms with E-state index in [4.69, 9.17) is 18.4 Å². The van der Waals surface area contributed by atoms with Crippen LogP contribution in [-0.4, -0.2) is 59.9 Å². The summed E-state index contributed by atoms with van der Waals surface area (Å²) < 4.78 is 47.6. The summed E-state index contributed by atoms with van der Waals surface area (Å²) in [6.07, 6.45) is 6.11. The van der Waals surface area contributed by atoms with Crippen molar-refractivity contribution in [3.63, 3.8) is 0 Å². The molecule has 1 heterocycles. The van der Waals surface area contributed by atoms with Crippen LogP contribution in [0.2, 0.25) is 0 Å². The van der Waals surface area contributed by atoms with Gasteiger partial charge in [-0.25, -0.2) is 4.79 Å². The quantitative estimate of drug-likeness (QED) is 0.193. The highest BCUT2D eigenvalue weighted by molar-refractivity contribution is 7.86. The first-order valence-corrected chi connectivity index (χ1v) is 16.7. The Balaban J connectivity index is 1.21. The zero-order valence-corrected chi connectivity index (χ0v) is 26.6.